The number of anilines is 1. The van der Waals surface area contributed by atoms with Gasteiger partial charge in [-0.15, -0.1) is 0 Å². The van der Waals surface area contributed by atoms with Crippen LogP contribution in [0.4, 0.5) is 16.2 Å². The summed E-state index contributed by atoms with van der Waals surface area (Å²) in [5, 5.41) is 16.3. The summed E-state index contributed by atoms with van der Waals surface area (Å²) in [6.07, 6.45) is 0. The molecule has 1 atom stereocenters. The molecule has 1 aliphatic rings. The van der Waals surface area contributed by atoms with Gasteiger partial charge in [-0.3, -0.25) is 24.6 Å². The predicted molar refractivity (Wildman–Crippen MR) is 107 cm³/mol. The molecule has 1 heterocycles. The number of amides is 4. The molecule has 1 aliphatic heterocycles. The second kappa shape index (κ2) is 7.82. The summed E-state index contributed by atoms with van der Waals surface area (Å²) >= 11 is 0. The number of urea groups is 1. The Morgan fingerprint density at radius 2 is 1.93 bits per heavy atom. The number of aryl methyl sites for hydroxylation is 1. The quantitative estimate of drug-likeness (QED) is 0.425. The minimum Gasteiger partial charge on any atom is -0.490 e. The van der Waals surface area contributed by atoms with E-state index in [0.717, 1.165) is 4.90 Å². The van der Waals surface area contributed by atoms with Gasteiger partial charge in [-0.2, -0.15) is 0 Å². The van der Waals surface area contributed by atoms with Gasteiger partial charge in [0.05, 0.1) is 12.0 Å². The average Bonchev–Trinajstić information content (AvgIpc) is 2.93. The van der Waals surface area contributed by atoms with Gasteiger partial charge in [0.2, 0.25) is 5.91 Å². The van der Waals surface area contributed by atoms with Crippen molar-refractivity contribution < 1.29 is 24.0 Å². The average molecular weight is 412 g/mol. The molecule has 2 N–H and O–H groups in total. The van der Waals surface area contributed by atoms with Crippen molar-refractivity contribution in [3.8, 4) is 5.75 Å². The van der Waals surface area contributed by atoms with Crippen LogP contribution in [0, 0.1) is 17.0 Å². The molecule has 3 rings (SSSR count). The number of ether oxygens (including phenoxy) is 1. The fourth-order valence-electron chi connectivity index (χ4n) is 3.25. The number of hydrogen-bond acceptors (Lipinski definition) is 6. The summed E-state index contributed by atoms with van der Waals surface area (Å²) in [4.78, 5) is 49.1. The number of rotatable bonds is 6. The van der Waals surface area contributed by atoms with Crippen LogP contribution in [-0.2, 0) is 15.1 Å². The highest BCUT2D eigenvalue weighted by molar-refractivity contribution is 6.10. The number of nitrogens with zero attached hydrogens (tertiary/aromatic N) is 2. The van der Waals surface area contributed by atoms with Crippen LogP contribution in [0.1, 0.15) is 18.1 Å². The molecule has 0 radical (unpaired) electrons. The second-order valence-corrected chi connectivity index (χ2v) is 6.96. The van der Waals surface area contributed by atoms with E-state index < -0.39 is 34.9 Å². The zero-order chi connectivity index (χ0) is 22.1. The molecule has 10 heteroatoms. The van der Waals surface area contributed by atoms with Crippen molar-refractivity contribution in [3.63, 3.8) is 0 Å². The summed E-state index contributed by atoms with van der Waals surface area (Å²) in [6.45, 7) is 2.65. The summed E-state index contributed by atoms with van der Waals surface area (Å²) in [5.41, 5.74) is -0.198. The van der Waals surface area contributed by atoms with E-state index in [2.05, 4.69) is 10.6 Å². The van der Waals surface area contributed by atoms with Crippen LogP contribution < -0.4 is 15.4 Å². The molecular formula is C20H20N4O6. The zero-order valence-corrected chi connectivity index (χ0v) is 16.6. The normalized spacial score (nSPS) is 18.2. The van der Waals surface area contributed by atoms with E-state index >= 15 is 0 Å². The molecule has 0 spiro atoms. The predicted octanol–water partition coefficient (Wildman–Crippen LogP) is 2.32. The fourth-order valence-corrected chi connectivity index (χ4v) is 3.25. The number of carbonyl (C=O) groups is 3. The van der Waals surface area contributed by atoms with Crippen LogP contribution in [0.15, 0.2) is 42.5 Å². The highest BCUT2D eigenvalue weighted by atomic mass is 16.6. The Hall–Kier alpha value is -3.95. The van der Waals surface area contributed by atoms with Gasteiger partial charge in [-0.05, 0) is 25.0 Å². The first kappa shape index (κ1) is 20.8. The van der Waals surface area contributed by atoms with E-state index in [1.807, 2.05) is 0 Å². The topological polar surface area (TPSA) is 131 Å². The number of hydrogen-bond donors (Lipinski definition) is 2. The number of carbonyl (C=O) groups excluding carboxylic acids is 3. The Morgan fingerprint density at radius 3 is 2.53 bits per heavy atom. The first-order chi connectivity index (χ1) is 14.2. The van der Waals surface area contributed by atoms with E-state index in [1.54, 1.807) is 44.2 Å². The molecular weight excluding hydrogens is 392 g/mol. The third-order valence-electron chi connectivity index (χ3n) is 4.92. The Labute approximate surface area is 172 Å². The summed E-state index contributed by atoms with van der Waals surface area (Å²) in [5.74, 6) is -1.20. The molecule has 4 amide bonds. The molecule has 0 saturated carbocycles. The lowest BCUT2D eigenvalue weighted by Gasteiger charge is -2.22. The Balaban J connectivity index is 1.78. The number of imide groups is 1. The third kappa shape index (κ3) is 3.66. The maximum atomic E-state index is 12.9. The fraction of sp³-hybridized carbons (Fsp3) is 0.250. The first-order valence-corrected chi connectivity index (χ1v) is 9.00. The van der Waals surface area contributed by atoms with E-state index in [1.165, 1.54) is 19.2 Å². The van der Waals surface area contributed by atoms with Gasteiger partial charge in [0, 0.05) is 17.8 Å². The Morgan fingerprint density at radius 1 is 1.27 bits per heavy atom. The smallest absolute Gasteiger partial charge is 0.325 e. The van der Waals surface area contributed by atoms with Crippen molar-refractivity contribution in [2.24, 2.45) is 0 Å². The van der Waals surface area contributed by atoms with Crippen LogP contribution in [0.3, 0.4) is 0 Å². The molecule has 0 aromatic heterocycles. The number of nitro groups is 1. The molecule has 0 unspecified atom stereocenters. The lowest BCUT2D eigenvalue weighted by Crippen LogP contribution is -2.42. The molecule has 1 fully saturated rings. The lowest BCUT2D eigenvalue weighted by molar-refractivity contribution is -0.385. The molecule has 0 aliphatic carbocycles. The molecule has 2 aromatic rings. The van der Waals surface area contributed by atoms with Gasteiger partial charge in [-0.1, -0.05) is 30.3 Å². The van der Waals surface area contributed by atoms with Gasteiger partial charge < -0.3 is 15.4 Å². The van der Waals surface area contributed by atoms with Crippen LogP contribution in [0.25, 0.3) is 0 Å². The van der Waals surface area contributed by atoms with Gasteiger partial charge in [-0.25, -0.2) is 4.79 Å². The highest BCUT2D eigenvalue weighted by Crippen LogP contribution is 2.33. The third-order valence-corrected chi connectivity index (χ3v) is 4.92. The Kier molecular flexibility index (Phi) is 5.41. The molecule has 10 nitrogen and oxygen atoms in total. The second-order valence-electron chi connectivity index (χ2n) is 6.96. The van der Waals surface area contributed by atoms with Crippen molar-refractivity contribution >= 4 is 29.2 Å². The first-order valence-electron chi connectivity index (χ1n) is 9.00. The number of nitro benzene ring substituents is 1. The van der Waals surface area contributed by atoms with Gasteiger partial charge in [0.1, 0.15) is 12.1 Å². The minimum absolute atomic E-state index is 0.0208. The summed E-state index contributed by atoms with van der Waals surface area (Å²) in [7, 11) is 1.28. The molecule has 0 bridgehead atoms. The molecule has 30 heavy (non-hydrogen) atoms. The maximum absolute atomic E-state index is 12.9. The molecule has 1 saturated heterocycles. The summed E-state index contributed by atoms with van der Waals surface area (Å²) < 4.78 is 5.01. The monoisotopic (exact) mass is 412 g/mol. The van der Waals surface area contributed by atoms with E-state index in [-0.39, 0.29) is 17.1 Å². The Bertz CT molecular complexity index is 1040. The van der Waals surface area contributed by atoms with Gasteiger partial charge >= 0.3 is 11.7 Å². The van der Waals surface area contributed by atoms with Crippen molar-refractivity contribution in [1.82, 2.24) is 10.2 Å². The highest BCUT2D eigenvalue weighted by Gasteiger charge is 2.49. The largest absolute Gasteiger partial charge is 0.490 e. The maximum Gasteiger partial charge on any atom is 0.325 e. The number of methoxy groups -OCH3 is 1. The SMILES string of the molecule is COc1cc(NC(=O)CN2C(=O)N[C@](C)(c3ccccc3)C2=O)c(C)cc1[N+](=O)[O-]. The molecule has 2 aromatic carbocycles. The van der Waals surface area contributed by atoms with Gasteiger partial charge in [0.25, 0.3) is 5.91 Å². The zero-order valence-electron chi connectivity index (χ0n) is 16.6. The van der Waals surface area contributed by atoms with E-state index in [4.69, 9.17) is 4.74 Å². The minimum atomic E-state index is -1.27. The number of benzene rings is 2. The van der Waals surface area contributed by atoms with Crippen LogP contribution >= 0.6 is 0 Å². The van der Waals surface area contributed by atoms with E-state index in [0.29, 0.717) is 11.1 Å². The van der Waals surface area contributed by atoms with Crippen LogP contribution in [0.5, 0.6) is 5.75 Å². The van der Waals surface area contributed by atoms with E-state index in [9.17, 15) is 24.5 Å². The van der Waals surface area contributed by atoms with Crippen LogP contribution in [0.2, 0.25) is 0 Å². The molecule has 156 valence electrons. The van der Waals surface area contributed by atoms with Gasteiger partial charge in [0.15, 0.2) is 5.75 Å². The van der Waals surface area contributed by atoms with Crippen molar-refractivity contribution in [2.75, 3.05) is 19.0 Å². The van der Waals surface area contributed by atoms with Crippen LogP contribution in [-0.4, -0.2) is 41.3 Å². The van der Waals surface area contributed by atoms with Crippen molar-refractivity contribution in [3.05, 3.63) is 63.7 Å². The van der Waals surface area contributed by atoms with Crippen molar-refractivity contribution in [2.45, 2.75) is 19.4 Å². The standard InChI is InChI=1S/C20H20N4O6/c1-12-9-15(24(28)29)16(30-3)10-14(12)21-17(25)11-23-18(26)20(2,22-19(23)27)13-7-5-4-6-8-13/h4-10H,11H2,1-3H3,(H,21,25)(H,22,27)/t20-/m1/s1. The number of nitrogens with one attached hydrogen (secondary N) is 2. The summed E-state index contributed by atoms with van der Waals surface area (Å²) in [6, 6.07) is 10.6. The lowest BCUT2D eigenvalue weighted by atomic mass is 9.92. The van der Waals surface area contributed by atoms with Crippen molar-refractivity contribution in [1.29, 1.82) is 0 Å².